The first-order valence-corrected chi connectivity index (χ1v) is 23.4. The van der Waals surface area contributed by atoms with Crippen LogP contribution in [-0.2, 0) is 0 Å². The second-order valence-corrected chi connectivity index (χ2v) is 13.1. The summed E-state index contributed by atoms with van der Waals surface area (Å²) in [7, 11) is 0.500. The van der Waals surface area contributed by atoms with Gasteiger partial charge in [-0.3, -0.25) is 4.39 Å². The van der Waals surface area contributed by atoms with Crippen LogP contribution in [0, 0.1) is 30.1 Å². The van der Waals surface area contributed by atoms with E-state index in [-0.39, 0.29) is 7.43 Å². The van der Waals surface area contributed by atoms with Gasteiger partial charge in [0.05, 0.1) is 7.18 Å². The van der Waals surface area contributed by atoms with Gasteiger partial charge in [-0.1, -0.05) is 279 Å². The Morgan fingerprint density at radius 3 is 0.816 bits per heavy atom. The molecule has 4 heteroatoms. The Morgan fingerprint density at radius 1 is 0.612 bits per heavy atom. The fraction of sp³-hybridized carbons (Fsp3) is 0.867. The Kier molecular flexibility index (Phi) is 197. The fourth-order valence-corrected chi connectivity index (χ4v) is 0.888. The molecule has 0 aliphatic rings. The standard InChI is InChI=1S/C7H8.4C5H12.2C4H10.C3H8.C2H6.CH3Br.CH3Cl.CH3F.CH3I.CH4/c1-7-5-3-2-4-6-7;1-5(2,3)4;2*1-4-5(2)3;1-3-5-4-2;1-4(2)3;1-3-4-2;1-3-2;5*1-2;/h2-6H,1H3;1-4H3;2*5H,4H2,1-3H3;3-5H2,1-2H3;4H,1-3H3;3-4H2,1-2H3;3H2,1-2H3;1-2H3;4*1H3;1H4. The molecule has 0 saturated heterocycles. The molecule has 0 heterocycles. The van der Waals surface area contributed by atoms with Crippen LogP contribution in [0.1, 0.15) is 210 Å². The van der Waals surface area contributed by atoms with Gasteiger partial charge in [0.15, 0.2) is 0 Å². The fourth-order valence-electron chi connectivity index (χ4n) is 0.888. The lowest BCUT2D eigenvalue weighted by atomic mass is 10.0. The van der Waals surface area contributed by atoms with Crippen molar-refractivity contribution in [3.05, 3.63) is 35.9 Å². The van der Waals surface area contributed by atoms with Crippen LogP contribution in [0.2, 0.25) is 0 Å². The highest BCUT2D eigenvalue weighted by Crippen LogP contribution is 2.08. The summed E-state index contributed by atoms with van der Waals surface area (Å²) in [5.41, 5.74) is 1.82. The molecule has 1 aromatic rings. The molecule has 0 bridgehead atoms. The minimum absolute atomic E-state index is 0. The van der Waals surface area contributed by atoms with E-state index in [2.05, 4.69) is 201 Å². The summed E-state index contributed by atoms with van der Waals surface area (Å²) in [6, 6.07) is 10.3. The predicted molar refractivity (Wildman–Crippen MR) is 261 cm³/mol. The maximum Gasteiger partial charge on any atom is 0.0785 e. The van der Waals surface area contributed by atoms with E-state index in [4.69, 9.17) is 0 Å². The number of halogens is 4. The molecule has 0 unspecified atom stereocenters. The molecule has 314 valence electrons. The Hall–Kier alpha value is 0.650. The van der Waals surface area contributed by atoms with E-state index in [1.165, 1.54) is 63.3 Å². The molecule has 1 aromatic carbocycles. The molecule has 49 heavy (non-hydrogen) atoms. The van der Waals surface area contributed by atoms with Crippen molar-refractivity contribution in [3.63, 3.8) is 0 Å². The van der Waals surface area contributed by atoms with Crippen LogP contribution in [0.5, 0.6) is 0 Å². The molecule has 0 N–H and O–H groups in total. The molecular weight excluding hydrogens is 802 g/mol. The largest absolute Gasteiger partial charge is 0.255 e. The topological polar surface area (TPSA) is 0 Å². The average Bonchev–Trinajstić information content (AvgIpc) is 3.07. The third-order valence-corrected chi connectivity index (χ3v) is 3.78. The van der Waals surface area contributed by atoms with Crippen LogP contribution in [0.15, 0.2) is 30.3 Å². The maximum atomic E-state index is 9.50. The van der Waals surface area contributed by atoms with E-state index >= 15 is 0 Å². The van der Waals surface area contributed by atoms with Gasteiger partial charge < -0.3 is 0 Å². The predicted octanol–water partition coefficient (Wildman–Crippen LogP) is 20.4. The lowest BCUT2D eigenvalue weighted by molar-refractivity contribution is 0.469. The summed E-state index contributed by atoms with van der Waals surface area (Å²) >= 11 is 9.73. The molecule has 0 fully saturated rings. The van der Waals surface area contributed by atoms with E-state index in [0.717, 1.165) is 17.8 Å². The van der Waals surface area contributed by atoms with Gasteiger partial charge >= 0.3 is 0 Å². The van der Waals surface area contributed by atoms with Crippen LogP contribution < -0.4 is 0 Å². The second kappa shape index (κ2) is 110. The Morgan fingerprint density at radius 2 is 0.776 bits per heavy atom. The van der Waals surface area contributed by atoms with Crippen molar-refractivity contribution in [1.29, 1.82) is 0 Å². The van der Waals surface area contributed by atoms with Crippen molar-refractivity contribution in [2.45, 2.75) is 211 Å². The number of alkyl halides is 4. The average molecular weight is 909 g/mol. The number of benzene rings is 1. The van der Waals surface area contributed by atoms with E-state index in [9.17, 15) is 4.39 Å². The number of hydrogen-bond donors (Lipinski definition) is 0. The summed E-state index contributed by atoms with van der Waals surface area (Å²) in [5.74, 6) is 4.41. The smallest absolute Gasteiger partial charge is 0.0785 e. The number of rotatable bonds is 5. The molecule has 0 aromatic heterocycles. The Balaban J connectivity index is -0.0000000266. The van der Waals surface area contributed by atoms with E-state index in [1.807, 2.05) is 42.8 Å². The van der Waals surface area contributed by atoms with Gasteiger partial charge in [-0.15, -0.1) is 11.6 Å². The molecule has 0 saturated carbocycles. The summed E-state index contributed by atoms with van der Waals surface area (Å²) in [5, 5.41) is 0. The maximum absolute atomic E-state index is 9.50. The lowest BCUT2D eigenvalue weighted by Gasteiger charge is -2.05. The molecule has 1 rings (SSSR count). The van der Waals surface area contributed by atoms with Gasteiger partial charge in [0.1, 0.15) is 0 Å². The van der Waals surface area contributed by atoms with Gasteiger partial charge in [0.2, 0.25) is 0 Å². The lowest BCUT2D eigenvalue weighted by Crippen LogP contribution is -1.93. The van der Waals surface area contributed by atoms with Crippen LogP contribution in [0.4, 0.5) is 4.39 Å². The third-order valence-electron chi connectivity index (χ3n) is 3.78. The SMILES string of the molecule is C.CBr.CC.CC(C)(C)C.CC(C)C.CCC.CCC(C)C.CCC(C)C.CCCC.CCCCC.CCl.CF.CI.Cc1ccccc1. The molecule has 0 nitrogen and oxygen atoms in total. The highest BCUT2D eigenvalue weighted by molar-refractivity contribution is 14.1. The molecular formula is C45H106BrClFI. The summed E-state index contributed by atoms with van der Waals surface area (Å²) in [4.78, 5) is 1.97. The highest BCUT2D eigenvalue weighted by Gasteiger charge is 1.95. The third kappa shape index (κ3) is 432. The zero-order valence-corrected chi connectivity index (χ0v) is 43.3. The van der Waals surface area contributed by atoms with Gasteiger partial charge in [-0.25, -0.2) is 0 Å². The molecule has 0 aliphatic heterocycles. The molecule has 0 spiro atoms. The van der Waals surface area contributed by atoms with Crippen LogP contribution in [0.3, 0.4) is 0 Å². The second-order valence-electron chi connectivity index (χ2n) is 13.1. The van der Waals surface area contributed by atoms with Gasteiger partial charge in [0, 0.05) is 6.38 Å². The van der Waals surface area contributed by atoms with Gasteiger partial charge in [-0.2, -0.15) is 0 Å². The summed E-state index contributed by atoms with van der Waals surface area (Å²) in [6.45, 7) is 47.7. The number of aryl methyl sites for hydroxylation is 1. The van der Waals surface area contributed by atoms with Crippen molar-refractivity contribution in [3.8, 4) is 0 Å². The van der Waals surface area contributed by atoms with Crippen molar-refractivity contribution >= 4 is 50.1 Å². The van der Waals surface area contributed by atoms with E-state index in [0.29, 0.717) is 12.6 Å². The van der Waals surface area contributed by atoms with Gasteiger partial charge in [-0.05, 0) is 40.9 Å². The minimum Gasteiger partial charge on any atom is -0.255 e. The summed E-state index contributed by atoms with van der Waals surface area (Å²) in [6.07, 6.45) is 12.0. The van der Waals surface area contributed by atoms with Crippen molar-refractivity contribution in [2.24, 2.45) is 23.2 Å². The molecule has 0 aliphatic carbocycles. The van der Waals surface area contributed by atoms with Crippen LogP contribution in [0.25, 0.3) is 0 Å². The number of hydrogen-bond acceptors (Lipinski definition) is 0. The van der Waals surface area contributed by atoms with Crippen molar-refractivity contribution < 1.29 is 4.39 Å². The van der Waals surface area contributed by atoms with Crippen molar-refractivity contribution in [1.82, 2.24) is 0 Å². The first-order valence-electron chi connectivity index (χ1n) is 18.9. The van der Waals surface area contributed by atoms with Crippen LogP contribution in [-0.4, -0.2) is 24.3 Å². The first-order chi connectivity index (χ1) is 22.4. The van der Waals surface area contributed by atoms with E-state index in [1.54, 1.807) is 0 Å². The monoisotopic (exact) mass is 907 g/mol. The Bertz CT molecular complexity index is 413. The van der Waals surface area contributed by atoms with Crippen molar-refractivity contribution in [2.75, 3.05) is 24.3 Å². The molecule has 0 atom stereocenters. The van der Waals surface area contributed by atoms with Gasteiger partial charge in [0.25, 0.3) is 0 Å². The molecule has 0 radical (unpaired) electrons. The van der Waals surface area contributed by atoms with E-state index < -0.39 is 0 Å². The quantitative estimate of drug-likeness (QED) is 0.204. The zero-order valence-electron chi connectivity index (χ0n) is 38.8. The summed E-state index contributed by atoms with van der Waals surface area (Å²) < 4.78 is 9.50. The highest BCUT2D eigenvalue weighted by atomic mass is 127. The van der Waals surface area contributed by atoms with Crippen LogP contribution >= 0.6 is 50.1 Å². The number of unbranched alkanes of at least 4 members (excludes halogenated alkanes) is 3. The minimum atomic E-state index is 0. The first kappa shape index (κ1) is 87.5. The Labute approximate surface area is 346 Å². The zero-order chi connectivity index (χ0) is 42.0. The normalized spacial score (nSPS) is 7.61. The molecule has 0 amide bonds.